The van der Waals surface area contributed by atoms with E-state index in [0.717, 1.165) is 30.7 Å². The molecule has 0 radical (unpaired) electrons. The number of aromatic nitrogens is 2. The largest absolute Gasteiger partial charge is 0.374 e. The van der Waals surface area contributed by atoms with Gasteiger partial charge in [-0.3, -0.25) is 0 Å². The maximum Gasteiger partial charge on any atom is 0.205 e. The van der Waals surface area contributed by atoms with Gasteiger partial charge in [0.15, 0.2) is 12.4 Å². The average molecular weight is 783 g/mol. The number of nitrogens with zero attached hydrogens (tertiary/aromatic N) is 5. The van der Waals surface area contributed by atoms with Crippen molar-refractivity contribution in [3.8, 4) is 0 Å². The molecule has 0 aliphatic carbocycles. The molecule has 296 valence electrons. The molecule has 2 aromatic heterocycles. The molecule has 55 heavy (non-hydrogen) atoms. The molecule has 0 saturated heterocycles. The summed E-state index contributed by atoms with van der Waals surface area (Å²) in [7, 11) is 15.7. The minimum Gasteiger partial charge on any atom is -0.374 e. The van der Waals surface area contributed by atoms with Crippen molar-refractivity contribution in [2.75, 3.05) is 95.8 Å². The zero-order valence-corrected chi connectivity index (χ0v) is 36.6. The molecule has 0 fully saturated rings. The van der Waals surface area contributed by atoms with Crippen molar-refractivity contribution in [2.45, 2.75) is 52.6 Å². The predicted molar refractivity (Wildman–Crippen MR) is 244 cm³/mol. The fourth-order valence-electron chi connectivity index (χ4n) is 6.85. The lowest BCUT2D eigenvalue weighted by atomic mass is 10.1. The molecule has 0 amide bonds. The Balaban J connectivity index is 1.000. The van der Waals surface area contributed by atoms with E-state index in [1.807, 2.05) is 0 Å². The fraction of sp³-hybridized carbons (Fsp3) is 0.447. The number of quaternary nitrogens is 2. The number of hydrogen-bond acceptors (Lipinski definition) is 4. The standard InChI is InChI=1S/C47H69N6S2/c1-8-51-36-12-10-18-46(51)30-24-42-20-26-44(27-21-42)49(4)34-14-32-48(3)33-16-40-54-55-41-17-39-53(6,7)38-15-35-50(5)45-28-22-43(23-29-45)25-31-47-19-11-13-37-52(47)9-2/h10-13,18-31,36-37H,8-9,14-17,32-35,38-41H2,1-7H3/q+3/p+1. The van der Waals surface area contributed by atoms with Crippen LogP contribution in [0.1, 0.15) is 62.0 Å². The normalized spacial score (nSPS) is 12.5. The second-order valence-electron chi connectivity index (χ2n) is 15.4. The van der Waals surface area contributed by atoms with Crippen LogP contribution in [-0.2, 0) is 13.1 Å². The Labute approximate surface area is 342 Å². The summed E-state index contributed by atoms with van der Waals surface area (Å²) >= 11 is 0. The highest BCUT2D eigenvalue weighted by molar-refractivity contribution is 8.76. The molecule has 1 unspecified atom stereocenters. The van der Waals surface area contributed by atoms with Crippen molar-refractivity contribution < 1.29 is 18.5 Å². The summed E-state index contributed by atoms with van der Waals surface area (Å²) in [6.45, 7) is 13.4. The molecule has 8 heteroatoms. The summed E-state index contributed by atoms with van der Waals surface area (Å²) in [6, 6.07) is 30.6. The first-order chi connectivity index (χ1) is 26.7. The van der Waals surface area contributed by atoms with Crippen LogP contribution in [0, 0.1) is 0 Å². The molecule has 6 nitrogen and oxygen atoms in total. The molecular weight excluding hydrogens is 713 g/mol. The van der Waals surface area contributed by atoms with Crippen molar-refractivity contribution in [1.29, 1.82) is 0 Å². The number of rotatable bonds is 25. The van der Waals surface area contributed by atoms with Crippen LogP contribution in [-0.4, -0.2) is 90.5 Å². The molecule has 1 atom stereocenters. The molecule has 1 N–H and O–H groups in total. The van der Waals surface area contributed by atoms with Crippen molar-refractivity contribution in [3.63, 3.8) is 0 Å². The van der Waals surface area contributed by atoms with Crippen molar-refractivity contribution in [1.82, 2.24) is 0 Å². The highest BCUT2D eigenvalue weighted by Crippen LogP contribution is 2.23. The lowest BCUT2D eigenvalue weighted by Crippen LogP contribution is -3.09. The van der Waals surface area contributed by atoms with Gasteiger partial charge in [0, 0.05) is 112 Å². The summed E-state index contributed by atoms with van der Waals surface area (Å²) in [5, 5.41) is 0. The monoisotopic (exact) mass is 783 g/mol. The van der Waals surface area contributed by atoms with Crippen molar-refractivity contribution in [2.24, 2.45) is 0 Å². The Morgan fingerprint density at radius 2 is 1.04 bits per heavy atom. The average Bonchev–Trinajstić information content (AvgIpc) is 3.20. The third-order valence-electron chi connectivity index (χ3n) is 10.5. The SMILES string of the molecule is CC[n+]1ccccc1/C=C/c1ccc(N(C)CCC[NH+](C)CCCSSCCC[N+](C)(C)CCCN(C)c2ccc(/C=C/c3cccc[n+]3CC)cc2)cc1. The first kappa shape index (κ1) is 44.2. The highest BCUT2D eigenvalue weighted by atomic mass is 33.1. The van der Waals surface area contributed by atoms with Gasteiger partial charge in [0.25, 0.3) is 0 Å². The van der Waals surface area contributed by atoms with E-state index in [1.165, 1.54) is 97.3 Å². The molecule has 0 bridgehead atoms. The number of aryl methyl sites for hydroxylation is 2. The summed E-state index contributed by atoms with van der Waals surface area (Å²) in [4.78, 5) is 6.43. The molecule has 4 aromatic rings. The zero-order chi connectivity index (χ0) is 39.3. The predicted octanol–water partition coefficient (Wildman–Crippen LogP) is 7.75. The molecule has 0 saturated carbocycles. The molecule has 2 heterocycles. The van der Waals surface area contributed by atoms with Crippen LogP contribution >= 0.6 is 21.6 Å². The minimum absolute atomic E-state index is 0.975. The smallest absolute Gasteiger partial charge is 0.205 e. The molecule has 0 aliphatic rings. The zero-order valence-electron chi connectivity index (χ0n) is 35.0. The van der Waals surface area contributed by atoms with Gasteiger partial charge in [0.1, 0.15) is 13.1 Å². The Bertz CT molecular complexity index is 1720. The second-order valence-corrected chi connectivity index (χ2v) is 18.1. The van der Waals surface area contributed by atoms with Crippen LogP contribution in [0.2, 0.25) is 0 Å². The molecule has 0 spiro atoms. The van der Waals surface area contributed by atoms with E-state index >= 15 is 0 Å². The van der Waals surface area contributed by atoms with Gasteiger partial charge in [0.2, 0.25) is 11.4 Å². The van der Waals surface area contributed by atoms with Crippen molar-refractivity contribution in [3.05, 3.63) is 120 Å². The third-order valence-corrected chi connectivity index (χ3v) is 13.0. The van der Waals surface area contributed by atoms with Gasteiger partial charge < -0.3 is 19.2 Å². The second kappa shape index (κ2) is 24.2. The van der Waals surface area contributed by atoms with E-state index in [0.29, 0.717) is 0 Å². The number of pyridine rings is 2. The van der Waals surface area contributed by atoms with Gasteiger partial charge in [-0.2, -0.15) is 9.13 Å². The molecular formula is C47H70N6S2+4. The van der Waals surface area contributed by atoms with Crippen LogP contribution < -0.4 is 23.8 Å². The fourth-order valence-corrected chi connectivity index (χ4v) is 9.01. The Kier molecular flexibility index (Phi) is 19.4. The maximum atomic E-state index is 2.40. The topological polar surface area (TPSA) is 18.7 Å². The van der Waals surface area contributed by atoms with E-state index < -0.39 is 0 Å². The van der Waals surface area contributed by atoms with Gasteiger partial charge in [-0.25, -0.2) is 0 Å². The summed E-state index contributed by atoms with van der Waals surface area (Å²) < 4.78 is 5.61. The quantitative estimate of drug-likeness (QED) is 0.0321. The molecule has 0 aliphatic heterocycles. The van der Waals surface area contributed by atoms with Crippen LogP contribution in [0.3, 0.4) is 0 Å². The first-order valence-corrected chi connectivity index (χ1v) is 23.0. The Hall–Kier alpha value is -3.56. The third kappa shape index (κ3) is 16.2. The van der Waals surface area contributed by atoms with Crippen LogP contribution in [0.25, 0.3) is 24.3 Å². The van der Waals surface area contributed by atoms with E-state index in [9.17, 15) is 0 Å². The van der Waals surface area contributed by atoms with E-state index in [1.54, 1.807) is 4.90 Å². The van der Waals surface area contributed by atoms with Crippen molar-refractivity contribution >= 4 is 57.3 Å². The minimum atomic E-state index is 0.975. The summed E-state index contributed by atoms with van der Waals surface area (Å²) in [5.74, 6) is 2.49. The van der Waals surface area contributed by atoms with Crippen LogP contribution in [0.15, 0.2) is 97.3 Å². The molecule has 4 rings (SSSR count). The van der Waals surface area contributed by atoms with E-state index in [-0.39, 0.29) is 0 Å². The number of hydrogen-bond donors (Lipinski definition) is 1. The number of anilines is 2. The first-order valence-electron chi connectivity index (χ1n) is 20.5. The van der Waals surface area contributed by atoms with Gasteiger partial charge in [-0.1, -0.05) is 45.9 Å². The van der Waals surface area contributed by atoms with Gasteiger partial charge in [-0.05, 0) is 73.5 Å². The number of benzene rings is 2. The van der Waals surface area contributed by atoms with Crippen LogP contribution in [0.4, 0.5) is 11.4 Å². The molecule has 2 aromatic carbocycles. The lowest BCUT2D eigenvalue weighted by Gasteiger charge is -2.31. The Morgan fingerprint density at radius 1 is 0.582 bits per heavy atom. The van der Waals surface area contributed by atoms with E-state index in [4.69, 9.17) is 0 Å². The van der Waals surface area contributed by atoms with E-state index in [2.05, 4.69) is 211 Å². The Morgan fingerprint density at radius 3 is 1.55 bits per heavy atom. The highest BCUT2D eigenvalue weighted by Gasteiger charge is 2.15. The van der Waals surface area contributed by atoms with Crippen LogP contribution in [0.5, 0.6) is 0 Å². The summed E-state index contributed by atoms with van der Waals surface area (Å²) in [6.07, 6.45) is 18.1. The van der Waals surface area contributed by atoms with Gasteiger partial charge in [0.05, 0.1) is 47.3 Å². The lowest BCUT2D eigenvalue weighted by molar-refractivity contribution is -0.890. The van der Waals surface area contributed by atoms with Gasteiger partial charge in [-0.15, -0.1) is 0 Å². The maximum absolute atomic E-state index is 2.40. The number of nitrogens with one attached hydrogen (secondary N) is 1. The summed E-state index contributed by atoms with van der Waals surface area (Å²) in [5.41, 5.74) is 7.50. The van der Waals surface area contributed by atoms with Gasteiger partial charge >= 0.3 is 0 Å².